The van der Waals surface area contributed by atoms with E-state index in [4.69, 9.17) is 9.97 Å². The van der Waals surface area contributed by atoms with Gasteiger partial charge in [-0.1, -0.05) is 115 Å². The second-order valence-electron chi connectivity index (χ2n) is 13.1. The first-order chi connectivity index (χ1) is 25.2. The van der Waals surface area contributed by atoms with Gasteiger partial charge in [-0.25, -0.2) is 9.97 Å². The van der Waals surface area contributed by atoms with Crippen LogP contribution in [0.25, 0.3) is 53.9 Å². The number of aryl methyl sites for hydroxylation is 1. The standard InChI is InChI=1S/C47H32N4/c1-31-30-43(51(45-21-7-9-29-49-45)41-19-11-15-33-13-3-5-17-37(33)41)39-24-22-34-23-27-42(38-26-25-35(31)47(39)46(34)38)50(44-20-6-8-28-48-44)40-18-10-14-32-12-2-4-16-36(32)40/h2-30H,1H3. The Morgan fingerprint density at radius 1 is 0.353 bits per heavy atom. The Balaban J connectivity index is 1.29. The van der Waals surface area contributed by atoms with Gasteiger partial charge in [0.05, 0.1) is 22.7 Å². The summed E-state index contributed by atoms with van der Waals surface area (Å²) >= 11 is 0. The predicted octanol–water partition coefficient (Wildman–Crippen LogP) is 12.9. The van der Waals surface area contributed by atoms with Crippen LogP contribution in [0.1, 0.15) is 5.56 Å². The molecule has 0 aliphatic heterocycles. The van der Waals surface area contributed by atoms with Crippen molar-refractivity contribution >= 4 is 88.2 Å². The minimum atomic E-state index is 0.873. The molecular weight excluding hydrogens is 621 g/mol. The second kappa shape index (κ2) is 11.7. The summed E-state index contributed by atoms with van der Waals surface area (Å²) in [4.78, 5) is 14.5. The smallest absolute Gasteiger partial charge is 0.137 e. The molecular formula is C47H32N4. The molecule has 0 unspecified atom stereocenters. The number of benzene rings is 8. The summed E-state index contributed by atoms with van der Waals surface area (Å²) in [6.07, 6.45) is 3.75. The molecule has 10 aromatic rings. The van der Waals surface area contributed by atoms with Crippen LogP contribution in [0.2, 0.25) is 0 Å². The van der Waals surface area contributed by atoms with Crippen molar-refractivity contribution in [2.24, 2.45) is 0 Å². The average molecular weight is 653 g/mol. The van der Waals surface area contributed by atoms with Crippen LogP contribution in [0.4, 0.5) is 34.4 Å². The van der Waals surface area contributed by atoms with E-state index < -0.39 is 0 Å². The maximum atomic E-state index is 4.92. The van der Waals surface area contributed by atoms with Crippen LogP contribution in [-0.2, 0) is 0 Å². The molecule has 0 radical (unpaired) electrons. The molecule has 8 aromatic carbocycles. The van der Waals surface area contributed by atoms with Crippen LogP contribution in [-0.4, -0.2) is 9.97 Å². The largest absolute Gasteiger partial charge is 0.294 e. The molecule has 0 saturated carbocycles. The third-order valence-corrected chi connectivity index (χ3v) is 10.2. The van der Waals surface area contributed by atoms with Gasteiger partial charge in [-0.2, -0.15) is 0 Å². The SMILES string of the molecule is Cc1cc(N(c2ccccn2)c2cccc3ccccc23)c2ccc3ccc(N(c4ccccn4)c4cccc5ccccc45)c4ccc1c2c34. The fourth-order valence-electron chi connectivity index (χ4n) is 7.95. The molecule has 0 bridgehead atoms. The third kappa shape index (κ3) is 4.61. The minimum Gasteiger partial charge on any atom is -0.294 e. The fraction of sp³-hybridized carbons (Fsp3) is 0.0213. The summed E-state index contributed by atoms with van der Waals surface area (Å²) in [5.41, 5.74) is 5.60. The van der Waals surface area contributed by atoms with E-state index in [2.05, 4.69) is 168 Å². The molecule has 0 amide bonds. The van der Waals surface area contributed by atoms with E-state index in [9.17, 15) is 0 Å². The fourth-order valence-corrected chi connectivity index (χ4v) is 7.95. The molecule has 240 valence electrons. The molecule has 4 nitrogen and oxygen atoms in total. The minimum absolute atomic E-state index is 0.873. The summed E-state index contributed by atoms with van der Waals surface area (Å²) in [6, 6.07) is 58.5. The highest BCUT2D eigenvalue weighted by Gasteiger charge is 2.24. The lowest BCUT2D eigenvalue weighted by molar-refractivity contribution is 1.19. The Bertz CT molecular complexity index is 2870. The zero-order valence-corrected chi connectivity index (χ0v) is 28.0. The van der Waals surface area contributed by atoms with Crippen molar-refractivity contribution in [1.82, 2.24) is 9.97 Å². The van der Waals surface area contributed by atoms with Gasteiger partial charge < -0.3 is 0 Å². The van der Waals surface area contributed by atoms with Crippen molar-refractivity contribution in [2.75, 3.05) is 9.80 Å². The number of aromatic nitrogens is 2. The Morgan fingerprint density at radius 3 is 1.47 bits per heavy atom. The summed E-state index contributed by atoms with van der Waals surface area (Å²) in [7, 11) is 0. The molecule has 0 aliphatic rings. The number of pyridine rings is 2. The molecule has 51 heavy (non-hydrogen) atoms. The zero-order chi connectivity index (χ0) is 33.9. The van der Waals surface area contributed by atoms with Gasteiger partial charge in [0.1, 0.15) is 11.6 Å². The molecule has 0 spiro atoms. The lowest BCUT2D eigenvalue weighted by Gasteiger charge is -2.29. The highest BCUT2D eigenvalue weighted by atomic mass is 15.2. The van der Waals surface area contributed by atoms with Crippen LogP contribution in [0, 0.1) is 6.92 Å². The van der Waals surface area contributed by atoms with Crippen LogP contribution >= 0.6 is 0 Å². The summed E-state index contributed by atoms with van der Waals surface area (Å²) in [5, 5.41) is 12.0. The number of fused-ring (bicyclic) bond motifs is 2. The molecule has 4 heteroatoms. The summed E-state index contributed by atoms with van der Waals surface area (Å²) in [5.74, 6) is 1.75. The van der Waals surface area contributed by atoms with E-state index in [-0.39, 0.29) is 0 Å². The maximum absolute atomic E-state index is 4.92. The van der Waals surface area contributed by atoms with Crippen molar-refractivity contribution in [2.45, 2.75) is 6.92 Å². The monoisotopic (exact) mass is 652 g/mol. The van der Waals surface area contributed by atoms with Gasteiger partial charge in [0.25, 0.3) is 0 Å². The van der Waals surface area contributed by atoms with Gasteiger partial charge in [-0.15, -0.1) is 0 Å². The highest BCUT2D eigenvalue weighted by Crippen LogP contribution is 2.49. The van der Waals surface area contributed by atoms with E-state index >= 15 is 0 Å². The van der Waals surface area contributed by atoms with E-state index in [1.807, 2.05) is 24.5 Å². The number of hydrogen-bond acceptors (Lipinski definition) is 4. The molecule has 10 rings (SSSR count). The quantitative estimate of drug-likeness (QED) is 0.167. The van der Waals surface area contributed by atoms with Crippen molar-refractivity contribution in [3.05, 3.63) is 182 Å². The number of nitrogens with zero attached hydrogens (tertiary/aromatic N) is 4. The Hall–Kier alpha value is -6.78. The molecule has 0 atom stereocenters. The molecule has 0 saturated heterocycles. The Morgan fingerprint density at radius 2 is 0.843 bits per heavy atom. The lowest BCUT2D eigenvalue weighted by Crippen LogP contribution is -2.13. The van der Waals surface area contributed by atoms with Crippen LogP contribution in [0.3, 0.4) is 0 Å². The molecule has 2 aromatic heterocycles. The number of hydrogen-bond donors (Lipinski definition) is 0. The maximum Gasteiger partial charge on any atom is 0.137 e. The van der Waals surface area contributed by atoms with Crippen LogP contribution < -0.4 is 9.80 Å². The zero-order valence-electron chi connectivity index (χ0n) is 28.0. The van der Waals surface area contributed by atoms with Crippen molar-refractivity contribution in [1.29, 1.82) is 0 Å². The Labute approximate surface area is 295 Å². The molecule has 0 fully saturated rings. The molecule has 2 heterocycles. The molecule has 0 aliphatic carbocycles. The first-order valence-corrected chi connectivity index (χ1v) is 17.3. The van der Waals surface area contributed by atoms with Gasteiger partial charge in [-0.05, 0) is 93.3 Å². The van der Waals surface area contributed by atoms with Gasteiger partial charge in [0, 0.05) is 33.9 Å². The normalized spacial score (nSPS) is 11.6. The van der Waals surface area contributed by atoms with Crippen LogP contribution in [0.15, 0.2) is 176 Å². The summed E-state index contributed by atoms with van der Waals surface area (Å²) in [6.45, 7) is 2.23. The number of rotatable bonds is 6. The lowest BCUT2D eigenvalue weighted by atomic mass is 9.89. The third-order valence-electron chi connectivity index (χ3n) is 10.2. The second-order valence-corrected chi connectivity index (χ2v) is 13.1. The van der Waals surface area contributed by atoms with Crippen molar-refractivity contribution in [3.63, 3.8) is 0 Å². The van der Waals surface area contributed by atoms with E-state index in [1.165, 1.54) is 59.4 Å². The van der Waals surface area contributed by atoms with E-state index in [0.29, 0.717) is 0 Å². The first-order valence-electron chi connectivity index (χ1n) is 17.3. The predicted molar refractivity (Wildman–Crippen MR) is 215 cm³/mol. The number of anilines is 6. The van der Waals surface area contributed by atoms with Crippen LogP contribution in [0.5, 0.6) is 0 Å². The van der Waals surface area contributed by atoms with Gasteiger partial charge in [0.15, 0.2) is 0 Å². The van der Waals surface area contributed by atoms with Crippen molar-refractivity contribution in [3.8, 4) is 0 Å². The summed E-state index contributed by atoms with van der Waals surface area (Å²) < 4.78 is 0. The average Bonchev–Trinajstić information content (AvgIpc) is 3.19. The van der Waals surface area contributed by atoms with Gasteiger partial charge in [0.2, 0.25) is 0 Å². The van der Waals surface area contributed by atoms with Gasteiger partial charge in [-0.3, -0.25) is 9.80 Å². The molecule has 0 N–H and O–H groups in total. The first kappa shape index (κ1) is 29.2. The van der Waals surface area contributed by atoms with Crippen molar-refractivity contribution < 1.29 is 0 Å². The highest BCUT2D eigenvalue weighted by molar-refractivity contribution is 6.29. The topological polar surface area (TPSA) is 32.3 Å². The van der Waals surface area contributed by atoms with Gasteiger partial charge >= 0.3 is 0 Å². The Kier molecular flexibility index (Phi) is 6.68. The van der Waals surface area contributed by atoms with E-state index in [0.717, 1.165) is 34.4 Å². The van der Waals surface area contributed by atoms with E-state index in [1.54, 1.807) is 0 Å².